The maximum Gasteiger partial charge on any atom is 0.329 e. The Kier molecular flexibility index (Phi) is 12.0. The molecule has 4 amide bonds. The highest BCUT2D eigenvalue weighted by Gasteiger charge is 2.61. The van der Waals surface area contributed by atoms with E-state index in [1.54, 1.807) is 12.1 Å². The van der Waals surface area contributed by atoms with Crippen LogP contribution in [0.3, 0.4) is 0 Å². The number of hydrogen-bond donors (Lipinski definition) is 4. The first-order valence-electron chi connectivity index (χ1n) is 18.0. The summed E-state index contributed by atoms with van der Waals surface area (Å²) >= 11 is 0. The quantitative estimate of drug-likeness (QED) is 0.204. The molecular weight excluding hydrogens is 634 g/mol. The molecule has 13 heteroatoms. The van der Waals surface area contributed by atoms with Gasteiger partial charge < -0.3 is 26.0 Å². The molecule has 12 nitrogen and oxygen atoms in total. The number of sulfonamides is 1. The average Bonchev–Trinajstić information content (AvgIpc) is 3.54. The van der Waals surface area contributed by atoms with E-state index in [2.05, 4.69) is 22.9 Å². The zero-order chi connectivity index (χ0) is 34.3. The summed E-state index contributed by atoms with van der Waals surface area (Å²) in [6.07, 6.45) is 13.1. The molecule has 1 aromatic carbocycles. The van der Waals surface area contributed by atoms with Crippen LogP contribution in [-0.4, -0.2) is 90.3 Å². The van der Waals surface area contributed by atoms with Crippen LogP contribution < -0.4 is 16.0 Å². The molecule has 2 heterocycles. The molecule has 4 aliphatic rings. The predicted octanol–water partition coefficient (Wildman–Crippen LogP) is 3.79. The predicted molar refractivity (Wildman–Crippen MR) is 181 cm³/mol. The molecule has 4 N–H and O–H groups in total. The summed E-state index contributed by atoms with van der Waals surface area (Å²) in [5.41, 5.74) is -0.469. The molecule has 48 heavy (non-hydrogen) atoms. The fraction of sp³-hybridized carbons (Fsp3) is 0.714. The van der Waals surface area contributed by atoms with Crippen molar-refractivity contribution in [1.29, 1.82) is 0 Å². The Morgan fingerprint density at radius 1 is 0.979 bits per heavy atom. The van der Waals surface area contributed by atoms with Gasteiger partial charge in [0.2, 0.25) is 21.8 Å². The summed E-state index contributed by atoms with van der Waals surface area (Å²) in [5, 5.41) is 18.4. The second-order valence-corrected chi connectivity index (χ2v) is 16.1. The molecule has 0 bridgehead atoms. The van der Waals surface area contributed by atoms with Gasteiger partial charge in [-0.25, -0.2) is 18.0 Å². The van der Waals surface area contributed by atoms with Crippen molar-refractivity contribution in [2.75, 3.05) is 26.2 Å². The van der Waals surface area contributed by atoms with Gasteiger partial charge in [-0.3, -0.25) is 9.59 Å². The highest BCUT2D eigenvalue weighted by molar-refractivity contribution is 7.89. The van der Waals surface area contributed by atoms with Crippen LogP contribution in [0.2, 0.25) is 0 Å². The number of nitrogens with zero attached hydrogens (tertiary/aromatic N) is 2. The second kappa shape index (κ2) is 16.0. The summed E-state index contributed by atoms with van der Waals surface area (Å²) in [7, 11) is -3.70. The summed E-state index contributed by atoms with van der Waals surface area (Å²) < 4.78 is 28.4. The topological polar surface area (TPSA) is 165 Å². The molecule has 3 fully saturated rings. The first-order valence-corrected chi connectivity index (χ1v) is 19.5. The lowest BCUT2D eigenvalue weighted by Gasteiger charge is -2.36. The molecule has 0 spiro atoms. The van der Waals surface area contributed by atoms with Crippen molar-refractivity contribution in [3.63, 3.8) is 0 Å². The van der Waals surface area contributed by atoms with E-state index in [0.29, 0.717) is 43.7 Å². The minimum atomic E-state index is -3.70. The van der Waals surface area contributed by atoms with Crippen molar-refractivity contribution in [2.24, 2.45) is 11.8 Å². The monoisotopic (exact) mass is 687 g/mol. The molecule has 2 aliphatic carbocycles. The van der Waals surface area contributed by atoms with Gasteiger partial charge in [0, 0.05) is 25.7 Å². The van der Waals surface area contributed by atoms with E-state index in [0.717, 1.165) is 76.2 Å². The molecule has 2 saturated carbocycles. The lowest BCUT2D eigenvalue weighted by Crippen LogP contribution is -2.56. The number of carbonyl (C=O) groups is 4. The summed E-state index contributed by atoms with van der Waals surface area (Å²) in [4.78, 5) is 53.7. The smallest absolute Gasteiger partial charge is 0.329 e. The van der Waals surface area contributed by atoms with Gasteiger partial charge >= 0.3 is 12.0 Å². The van der Waals surface area contributed by atoms with E-state index in [1.807, 2.05) is 12.1 Å². The zero-order valence-corrected chi connectivity index (χ0v) is 29.1. The Morgan fingerprint density at radius 2 is 1.73 bits per heavy atom. The van der Waals surface area contributed by atoms with Crippen molar-refractivity contribution >= 4 is 33.8 Å². The van der Waals surface area contributed by atoms with Gasteiger partial charge in [0.05, 0.1) is 11.4 Å². The SMILES string of the molecule is CCCCCCCC1C[C@]1(NC(=O)[C@@H]1CCCN1C(=O)CNC(=O)NC(CN1CCc2ccccc2S1(=O)=O)C1CCCCC1)C(=O)O. The van der Waals surface area contributed by atoms with Crippen LogP contribution in [0, 0.1) is 11.8 Å². The van der Waals surface area contributed by atoms with Crippen molar-refractivity contribution in [3.8, 4) is 0 Å². The Balaban J connectivity index is 1.15. The number of nitrogens with one attached hydrogen (secondary N) is 3. The second-order valence-electron chi connectivity index (χ2n) is 14.2. The van der Waals surface area contributed by atoms with Gasteiger partial charge in [-0.15, -0.1) is 0 Å². The number of amides is 4. The van der Waals surface area contributed by atoms with Crippen LogP contribution in [0.25, 0.3) is 0 Å². The van der Waals surface area contributed by atoms with Gasteiger partial charge in [0.25, 0.3) is 0 Å². The molecule has 266 valence electrons. The number of carboxylic acids is 1. The highest BCUT2D eigenvalue weighted by atomic mass is 32.2. The Bertz CT molecular complexity index is 1430. The number of aliphatic carboxylic acids is 1. The normalized spacial score (nSPS) is 25.9. The first-order chi connectivity index (χ1) is 23.1. The third-order valence-corrected chi connectivity index (χ3v) is 12.9. The van der Waals surface area contributed by atoms with Crippen LogP contribution in [0.4, 0.5) is 4.79 Å². The van der Waals surface area contributed by atoms with Gasteiger partial charge in [0.1, 0.15) is 11.6 Å². The summed E-state index contributed by atoms with van der Waals surface area (Å²) in [5.74, 6) is -1.90. The minimum Gasteiger partial charge on any atom is -0.479 e. The maximum absolute atomic E-state index is 13.5. The number of carbonyl (C=O) groups excluding carboxylic acids is 3. The lowest BCUT2D eigenvalue weighted by molar-refractivity contribution is -0.145. The van der Waals surface area contributed by atoms with E-state index < -0.39 is 51.5 Å². The molecule has 1 aromatic rings. The molecule has 2 unspecified atom stereocenters. The Hall–Kier alpha value is -3.19. The van der Waals surface area contributed by atoms with Gasteiger partial charge in [0.15, 0.2) is 0 Å². The van der Waals surface area contributed by atoms with Gasteiger partial charge in [-0.2, -0.15) is 4.31 Å². The number of likely N-dealkylation sites (tertiary alicyclic amines) is 1. The van der Waals surface area contributed by atoms with Crippen molar-refractivity contribution in [3.05, 3.63) is 29.8 Å². The summed E-state index contributed by atoms with van der Waals surface area (Å²) in [6, 6.07) is 5.26. The fourth-order valence-corrected chi connectivity index (χ4v) is 9.70. The van der Waals surface area contributed by atoms with Crippen LogP contribution in [0.1, 0.15) is 102 Å². The maximum atomic E-state index is 13.5. The molecular formula is C35H53N5O7S. The number of rotatable bonds is 15. The van der Waals surface area contributed by atoms with Crippen LogP contribution in [0.15, 0.2) is 29.2 Å². The van der Waals surface area contributed by atoms with Crippen LogP contribution in [0.5, 0.6) is 0 Å². The molecule has 5 rings (SSSR count). The van der Waals surface area contributed by atoms with E-state index in [-0.39, 0.29) is 24.9 Å². The standard InChI is InChI=1S/C35H53N5O7S/c1-2-3-4-5-9-16-27-22-35(27,33(43)44)38-32(42)29-17-12-20-40(29)31(41)23-36-34(45)37-28(25-13-7-6-8-14-25)24-39-21-19-26-15-10-11-18-30(26)48(39,46)47/h10-11,15,18,25,27-29H,2-9,12-14,16-17,19-24H2,1H3,(H,38,42)(H,43,44)(H2,36,37,45)/t27?,28?,29-,35+/m0/s1. The number of benzene rings is 1. The van der Waals surface area contributed by atoms with E-state index >= 15 is 0 Å². The lowest BCUT2D eigenvalue weighted by atomic mass is 9.84. The third kappa shape index (κ3) is 8.33. The van der Waals surface area contributed by atoms with Crippen molar-refractivity contribution in [2.45, 2.75) is 126 Å². The van der Waals surface area contributed by atoms with E-state index in [9.17, 15) is 32.7 Å². The zero-order valence-electron chi connectivity index (χ0n) is 28.3. The fourth-order valence-electron chi connectivity index (χ4n) is 7.98. The Morgan fingerprint density at radius 3 is 2.48 bits per heavy atom. The summed E-state index contributed by atoms with van der Waals surface area (Å²) in [6.45, 7) is 2.66. The number of unbranched alkanes of at least 4 members (excludes halogenated alkanes) is 4. The van der Waals surface area contributed by atoms with Crippen molar-refractivity contribution < 1.29 is 32.7 Å². The van der Waals surface area contributed by atoms with Gasteiger partial charge in [-0.1, -0.05) is 76.5 Å². The number of urea groups is 1. The van der Waals surface area contributed by atoms with Crippen LogP contribution in [-0.2, 0) is 30.8 Å². The number of hydrogen-bond acceptors (Lipinski definition) is 6. The van der Waals surface area contributed by atoms with Gasteiger partial charge in [-0.05, 0) is 68.4 Å². The largest absolute Gasteiger partial charge is 0.479 e. The van der Waals surface area contributed by atoms with Crippen LogP contribution >= 0.6 is 0 Å². The number of fused-ring (bicyclic) bond motifs is 1. The molecule has 2 aliphatic heterocycles. The number of carboxylic acid groups (broad SMARTS) is 1. The molecule has 1 saturated heterocycles. The molecule has 0 radical (unpaired) electrons. The average molecular weight is 688 g/mol. The van der Waals surface area contributed by atoms with E-state index in [4.69, 9.17) is 0 Å². The Labute approximate surface area is 284 Å². The highest BCUT2D eigenvalue weighted by Crippen LogP contribution is 2.47. The van der Waals surface area contributed by atoms with Crippen molar-refractivity contribution in [1.82, 2.24) is 25.2 Å². The molecule has 0 aromatic heterocycles. The minimum absolute atomic E-state index is 0.108. The molecule has 4 atom stereocenters. The first kappa shape index (κ1) is 36.1. The van der Waals surface area contributed by atoms with E-state index in [1.165, 1.54) is 9.21 Å². The third-order valence-electron chi connectivity index (χ3n) is 10.9.